The summed E-state index contributed by atoms with van der Waals surface area (Å²) in [5, 5.41) is 2.45. The monoisotopic (exact) mass is 357 g/mol. The lowest BCUT2D eigenvalue weighted by Gasteiger charge is -2.17. The maximum atomic E-state index is 12.4. The minimum Gasteiger partial charge on any atom is -0.324 e. The molecule has 0 unspecified atom stereocenters. The van der Waals surface area contributed by atoms with Crippen LogP contribution in [0.5, 0.6) is 0 Å². The third kappa shape index (κ3) is 4.14. The highest BCUT2D eigenvalue weighted by Crippen LogP contribution is 2.21. The van der Waals surface area contributed by atoms with Crippen LogP contribution < -0.4 is 5.32 Å². The molecule has 7 nitrogen and oxygen atoms in total. The zero-order valence-electron chi connectivity index (χ0n) is 13.3. The minimum absolute atomic E-state index is 0.187. The van der Waals surface area contributed by atoms with E-state index in [1.165, 1.54) is 0 Å². The number of anilines is 1. The molecule has 0 aliphatic carbocycles. The number of rotatable bonds is 4. The number of benzene rings is 1. The smallest absolute Gasteiger partial charge is 0.324 e. The van der Waals surface area contributed by atoms with Gasteiger partial charge in [-0.3, -0.25) is 14.4 Å². The van der Waals surface area contributed by atoms with Crippen LogP contribution in [0.1, 0.15) is 11.1 Å². The number of urea groups is 1. The van der Waals surface area contributed by atoms with Crippen LogP contribution in [-0.4, -0.2) is 52.8 Å². The predicted octanol–water partition coefficient (Wildman–Crippen LogP) is 1.60. The van der Waals surface area contributed by atoms with Crippen molar-refractivity contribution in [2.75, 3.05) is 18.4 Å². The van der Waals surface area contributed by atoms with Gasteiger partial charge in [0.25, 0.3) is 0 Å². The van der Waals surface area contributed by atoms with E-state index in [0.29, 0.717) is 5.69 Å². The molecule has 1 fully saturated rings. The predicted molar refractivity (Wildman–Crippen MR) is 79.4 cm³/mol. The van der Waals surface area contributed by atoms with E-state index in [2.05, 4.69) is 5.32 Å². The first-order valence-electron chi connectivity index (χ1n) is 7.11. The fourth-order valence-corrected chi connectivity index (χ4v) is 2.30. The van der Waals surface area contributed by atoms with Gasteiger partial charge in [0, 0.05) is 5.69 Å². The lowest BCUT2D eigenvalue weighted by molar-refractivity contribution is -0.156. The van der Waals surface area contributed by atoms with Crippen molar-refractivity contribution >= 4 is 29.4 Å². The Morgan fingerprint density at radius 1 is 1.08 bits per heavy atom. The number of carbonyl (C=O) groups excluding carboxylic acids is 4. The number of carbonyl (C=O) groups is 4. The van der Waals surface area contributed by atoms with Crippen molar-refractivity contribution in [1.29, 1.82) is 0 Å². The number of halogens is 3. The Bertz CT molecular complexity index is 761. The summed E-state index contributed by atoms with van der Waals surface area (Å²) in [5.74, 6) is -3.89. The van der Waals surface area contributed by atoms with Crippen LogP contribution in [0.3, 0.4) is 0 Å². The van der Waals surface area contributed by atoms with E-state index in [0.717, 1.165) is 11.1 Å². The number of amides is 5. The van der Waals surface area contributed by atoms with Crippen molar-refractivity contribution in [1.82, 2.24) is 9.80 Å². The maximum Gasteiger partial charge on any atom is 0.406 e. The van der Waals surface area contributed by atoms with Crippen LogP contribution in [0.25, 0.3) is 0 Å². The van der Waals surface area contributed by atoms with E-state index < -0.39 is 43.0 Å². The highest BCUT2D eigenvalue weighted by molar-refractivity contribution is 6.45. The molecule has 134 valence electrons. The third-order valence-corrected chi connectivity index (χ3v) is 3.43. The number of nitrogens with zero attached hydrogens (tertiary/aromatic N) is 2. The highest BCUT2D eigenvalue weighted by Gasteiger charge is 2.49. The molecule has 1 aliphatic heterocycles. The van der Waals surface area contributed by atoms with E-state index >= 15 is 0 Å². The zero-order chi connectivity index (χ0) is 18.9. The Labute approximate surface area is 140 Å². The average Bonchev–Trinajstić information content (AvgIpc) is 2.67. The van der Waals surface area contributed by atoms with Crippen molar-refractivity contribution in [3.05, 3.63) is 29.3 Å². The van der Waals surface area contributed by atoms with Crippen LogP contribution in [0.15, 0.2) is 18.2 Å². The van der Waals surface area contributed by atoms with E-state index in [4.69, 9.17) is 0 Å². The molecule has 1 aromatic carbocycles. The molecule has 0 aromatic heterocycles. The molecule has 1 aromatic rings. The van der Waals surface area contributed by atoms with Gasteiger partial charge in [-0.05, 0) is 25.5 Å². The number of hydrogen-bond donors (Lipinski definition) is 1. The standard InChI is InChI=1S/C15H14F3N3O4/c1-8-3-4-10(9(2)5-8)19-11(22)6-20-12(23)13(24)21(14(20)25)7-15(16,17)18/h3-5H,6-7H2,1-2H3,(H,19,22). The van der Waals surface area contributed by atoms with E-state index in [1.54, 1.807) is 25.1 Å². The first kappa shape index (κ1) is 18.4. The van der Waals surface area contributed by atoms with Crippen LogP contribution in [-0.2, 0) is 14.4 Å². The van der Waals surface area contributed by atoms with E-state index in [1.807, 2.05) is 6.92 Å². The Hall–Kier alpha value is -2.91. The summed E-state index contributed by atoms with van der Waals surface area (Å²) >= 11 is 0. The summed E-state index contributed by atoms with van der Waals surface area (Å²) in [4.78, 5) is 47.0. The zero-order valence-corrected chi connectivity index (χ0v) is 13.3. The molecule has 0 spiro atoms. The SMILES string of the molecule is Cc1ccc(NC(=O)CN2C(=O)C(=O)N(CC(F)(F)F)C2=O)c(C)c1. The molecule has 5 amide bonds. The number of aryl methyl sites for hydroxylation is 2. The molecule has 25 heavy (non-hydrogen) atoms. The quantitative estimate of drug-likeness (QED) is 0.655. The van der Waals surface area contributed by atoms with Crippen molar-refractivity contribution in [2.45, 2.75) is 20.0 Å². The molecule has 1 heterocycles. The van der Waals surface area contributed by atoms with Gasteiger partial charge in [-0.25, -0.2) is 14.6 Å². The van der Waals surface area contributed by atoms with Crippen LogP contribution in [0.4, 0.5) is 23.7 Å². The second-order valence-corrected chi connectivity index (χ2v) is 5.55. The molecule has 1 saturated heterocycles. The average molecular weight is 357 g/mol. The Morgan fingerprint density at radius 2 is 1.68 bits per heavy atom. The van der Waals surface area contributed by atoms with Crippen LogP contribution in [0, 0.1) is 13.8 Å². The summed E-state index contributed by atoms with van der Waals surface area (Å²) < 4.78 is 37.1. The molecule has 1 N–H and O–H groups in total. The summed E-state index contributed by atoms with van der Waals surface area (Å²) in [6.45, 7) is 0.834. The molecular weight excluding hydrogens is 343 g/mol. The van der Waals surface area contributed by atoms with Crippen molar-refractivity contribution in [2.24, 2.45) is 0 Å². The minimum atomic E-state index is -4.84. The van der Waals surface area contributed by atoms with Gasteiger partial charge in [-0.2, -0.15) is 13.2 Å². The molecular formula is C15H14F3N3O4. The molecule has 1 aliphatic rings. The fourth-order valence-electron chi connectivity index (χ4n) is 2.30. The van der Waals surface area contributed by atoms with Gasteiger partial charge in [0.1, 0.15) is 13.1 Å². The molecule has 10 heteroatoms. The van der Waals surface area contributed by atoms with Gasteiger partial charge in [0.2, 0.25) is 5.91 Å². The fraction of sp³-hybridized carbons (Fsp3) is 0.333. The van der Waals surface area contributed by atoms with Crippen LogP contribution >= 0.6 is 0 Å². The Morgan fingerprint density at radius 3 is 2.24 bits per heavy atom. The molecule has 2 rings (SSSR count). The van der Waals surface area contributed by atoms with Crippen molar-refractivity contribution in [3.8, 4) is 0 Å². The molecule has 0 radical (unpaired) electrons. The summed E-state index contributed by atoms with van der Waals surface area (Å²) in [6.07, 6.45) is -4.84. The first-order valence-corrected chi connectivity index (χ1v) is 7.11. The van der Waals surface area contributed by atoms with Gasteiger partial charge >= 0.3 is 24.0 Å². The molecule has 0 saturated carbocycles. The number of nitrogens with one attached hydrogen (secondary N) is 1. The number of imide groups is 2. The highest BCUT2D eigenvalue weighted by atomic mass is 19.4. The second-order valence-electron chi connectivity index (χ2n) is 5.55. The normalized spacial score (nSPS) is 15.2. The molecule has 0 atom stereocenters. The Kier molecular flexibility index (Phi) is 4.82. The topological polar surface area (TPSA) is 86.8 Å². The molecule has 0 bridgehead atoms. The summed E-state index contributed by atoms with van der Waals surface area (Å²) in [7, 11) is 0. The number of alkyl halides is 3. The third-order valence-electron chi connectivity index (χ3n) is 3.43. The van der Waals surface area contributed by atoms with Gasteiger partial charge < -0.3 is 5.32 Å². The second kappa shape index (κ2) is 6.54. The van der Waals surface area contributed by atoms with Gasteiger partial charge in [0.15, 0.2) is 0 Å². The van der Waals surface area contributed by atoms with Crippen molar-refractivity contribution in [3.63, 3.8) is 0 Å². The van der Waals surface area contributed by atoms with E-state index in [9.17, 15) is 32.3 Å². The number of hydrogen-bond acceptors (Lipinski definition) is 4. The van der Waals surface area contributed by atoms with Gasteiger partial charge in [-0.1, -0.05) is 17.7 Å². The first-order chi connectivity index (χ1) is 11.5. The van der Waals surface area contributed by atoms with Gasteiger partial charge in [-0.15, -0.1) is 0 Å². The van der Waals surface area contributed by atoms with Gasteiger partial charge in [0.05, 0.1) is 0 Å². The summed E-state index contributed by atoms with van der Waals surface area (Å²) in [6, 6.07) is 3.65. The van der Waals surface area contributed by atoms with Crippen molar-refractivity contribution < 1.29 is 32.3 Å². The largest absolute Gasteiger partial charge is 0.406 e. The maximum absolute atomic E-state index is 12.4. The van der Waals surface area contributed by atoms with E-state index in [-0.39, 0.29) is 9.80 Å². The lowest BCUT2D eigenvalue weighted by Crippen LogP contribution is -2.41. The summed E-state index contributed by atoms with van der Waals surface area (Å²) in [5.41, 5.74) is 2.10. The van der Waals surface area contributed by atoms with Crippen LogP contribution in [0.2, 0.25) is 0 Å². The lowest BCUT2D eigenvalue weighted by atomic mass is 10.1. The Balaban J connectivity index is 2.08.